The van der Waals surface area contributed by atoms with Crippen molar-refractivity contribution in [1.82, 2.24) is 4.90 Å². The first kappa shape index (κ1) is 15.2. The number of carbonyl (C=O) groups is 2. The standard InChI is InChI=1S/C15H21N3O3/c1-17(2)13-5-3-12(4-6-13)16-15(21)18-8-7-11(10-18)9-14(19)20/h3-6,11H,7-10H2,1-2H3,(H,16,21)(H,19,20). The van der Waals surface area contributed by atoms with E-state index in [9.17, 15) is 9.59 Å². The molecule has 1 fully saturated rings. The van der Waals surface area contributed by atoms with Gasteiger partial charge in [0.05, 0.1) is 0 Å². The number of aliphatic carboxylic acids is 1. The van der Waals surface area contributed by atoms with Crippen molar-refractivity contribution >= 4 is 23.4 Å². The van der Waals surface area contributed by atoms with Crippen molar-refractivity contribution in [1.29, 1.82) is 0 Å². The number of nitrogens with zero attached hydrogens (tertiary/aromatic N) is 2. The Morgan fingerprint density at radius 3 is 2.57 bits per heavy atom. The Hall–Kier alpha value is -2.24. The minimum atomic E-state index is -0.804. The maximum absolute atomic E-state index is 12.1. The monoisotopic (exact) mass is 291 g/mol. The molecule has 1 aliphatic heterocycles. The van der Waals surface area contributed by atoms with Gasteiger partial charge in [-0.05, 0) is 36.6 Å². The largest absolute Gasteiger partial charge is 0.481 e. The molecule has 114 valence electrons. The minimum absolute atomic E-state index is 0.0596. The van der Waals surface area contributed by atoms with Crippen LogP contribution in [0.3, 0.4) is 0 Å². The van der Waals surface area contributed by atoms with Crippen molar-refractivity contribution < 1.29 is 14.7 Å². The molecule has 1 atom stereocenters. The van der Waals surface area contributed by atoms with E-state index in [-0.39, 0.29) is 18.4 Å². The van der Waals surface area contributed by atoms with E-state index in [0.29, 0.717) is 13.1 Å². The summed E-state index contributed by atoms with van der Waals surface area (Å²) in [7, 11) is 3.92. The third-order valence-corrected chi connectivity index (χ3v) is 3.67. The maximum Gasteiger partial charge on any atom is 0.321 e. The van der Waals surface area contributed by atoms with Crippen LogP contribution in [0.4, 0.5) is 16.2 Å². The summed E-state index contributed by atoms with van der Waals surface area (Å²) >= 11 is 0. The van der Waals surface area contributed by atoms with E-state index in [4.69, 9.17) is 5.11 Å². The number of likely N-dealkylation sites (tertiary alicyclic amines) is 1. The van der Waals surface area contributed by atoms with Crippen LogP contribution in [0, 0.1) is 5.92 Å². The van der Waals surface area contributed by atoms with Crippen LogP contribution in [0.2, 0.25) is 0 Å². The molecule has 0 bridgehead atoms. The van der Waals surface area contributed by atoms with E-state index in [2.05, 4.69) is 5.32 Å². The highest BCUT2D eigenvalue weighted by Gasteiger charge is 2.27. The molecule has 0 aromatic heterocycles. The fraction of sp³-hybridized carbons (Fsp3) is 0.467. The summed E-state index contributed by atoms with van der Waals surface area (Å²) in [5, 5.41) is 11.6. The Labute approximate surface area is 124 Å². The van der Waals surface area contributed by atoms with E-state index in [1.165, 1.54) is 0 Å². The molecule has 2 amide bonds. The number of amides is 2. The molecule has 0 aliphatic carbocycles. The van der Waals surface area contributed by atoms with Gasteiger partial charge < -0.3 is 20.2 Å². The van der Waals surface area contributed by atoms with Gasteiger partial charge in [0.1, 0.15) is 0 Å². The third-order valence-electron chi connectivity index (χ3n) is 3.67. The lowest BCUT2D eigenvalue weighted by Crippen LogP contribution is -2.33. The van der Waals surface area contributed by atoms with Gasteiger partial charge in [-0.15, -0.1) is 0 Å². The zero-order valence-corrected chi connectivity index (χ0v) is 12.4. The van der Waals surface area contributed by atoms with Crippen molar-refractivity contribution in [2.45, 2.75) is 12.8 Å². The normalized spacial score (nSPS) is 17.6. The Morgan fingerprint density at radius 2 is 2.00 bits per heavy atom. The first-order chi connectivity index (χ1) is 9.95. The highest BCUT2D eigenvalue weighted by Crippen LogP contribution is 2.21. The van der Waals surface area contributed by atoms with E-state index in [0.717, 1.165) is 17.8 Å². The average Bonchev–Trinajstić information content (AvgIpc) is 2.87. The van der Waals surface area contributed by atoms with Crippen molar-refractivity contribution in [2.75, 3.05) is 37.4 Å². The van der Waals surface area contributed by atoms with Crippen LogP contribution in [0.15, 0.2) is 24.3 Å². The van der Waals surface area contributed by atoms with Crippen molar-refractivity contribution in [2.24, 2.45) is 5.92 Å². The molecular weight excluding hydrogens is 270 g/mol. The van der Waals surface area contributed by atoms with Crippen LogP contribution in [0.1, 0.15) is 12.8 Å². The SMILES string of the molecule is CN(C)c1ccc(NC(=O)N2CCC(CC(=O)O)C2)cc1. The predicted octanol–water partition coefficient (Wildman–Crippen LogP) is 2.08. The molecule has 6 nitrogen and oxygen atoms in total. The fourth-order valence-corrected chi connectivity index (χ4v) is 2.48. The van der Waals surface area contributed by atoms with Gasteiger partial charge in [0.2, 0.25) is 0 Å². The third kappa shape index (κ3) is 4.11. The molecule has 1 unspecified atom stereocenters. The number of carboxylic acid groups (broad SMARTS) is 1. The van der Waals surface area contributed by atoms with Crippen LogP contribution in [0.5, 0.6) is 0 Å². The molecule has 1 saturated heterocycles. The highest BCUT2D eigenvalue weighted by atomic mass is 16.4. The molecule has 1 aliphatic rings. The lowest BCUT2D eigenvalue weighted by atomic mass is 10.1. The van der Waals surface area contributed by atoms with Gasteiger partial charge in [-0.3, -0.25) is 4.79 Å². The number of nitrogens with one attached hydrogen (secondary N) is 1. The molecule has 1 aromatic rings. The number of hydrogen-bond acceptors (Lipinski definition) is 3. The molecule has 0 saturated carbocycles. The zero-order chi connectivity index (χ0) is 15.4. The second-order valence-corrected chi connectivity index (χ2v) is 5.57. The van der Waals surface area contributed by atoms with Crippen LogP contribution in [-0.2, 0) is 4.79 Å². The smallest absolute Gasteiger partial charge is 0.321 e. The number of hydrogen-bond donors (Lipinski definition) is 2. The molecule has 6 heteroatoms. The van der Waals surface area contributed by atoms with Crippen molar-refractivity contribution in [3.63, 3.8) is 0 Å². The Kier molecular flexibility index (Phi) is 4.67. The van der Waals surface area contributed by atoms with Gasteiger partial charge >= 0.3 is 12.0 Å². The minimum Gasteiger partial charge on any atom is -0.481 e. The number of anilines is 2. The summed E-state index contributed by atoms with van der Waals surface area (Å²) < 4.78 is 0. The first-order valence-corrected chi connectivity index (χ1v) is 7.01. The van der Waals surface area contributed by atoms with Crippen LogP contribution in [-0.4, -0.2) is 49.2 Å². The summed E-state index contributed by atoms with van der Waals surface area (Å²) in [4.78, 5) is 26.5. The van der Waals surface area contributed by atoms with Gasteiger partial charge in [-0.1, -0.05) is 0 Å². The average molecular weight is 291 g/mol. The molecule has 21 heavy (non-hydrogen) atoms. The zero-order valence-electron chi connectivity index (χ0n) is 12.4. The topological polar surface area (TPSA) is 72.9 Å². The number of benzene rings is 1. The molecule has 2 N–H and O–H groups in total. The summed E-state index contributed by atoms with van der Waals surface area (Å²) in [6.45, 7) is 1.12. The summed E-state index contributed by atoms with van der Waals surface area (Å²) in [5.41, 5.74) is 1.81. The van der Waals surface area contributed by atoms with Gasteiger partial charge in [0, 0.05) is 45.0 Å². The van der Waals surface area contributed by atoms with E-state index in [1.807, 2.05) is 43.3 Å². The Morgan fingerprint density at radius 1 is 1.33 bits per heavy atom. The predicted molar refractivity (Wildman–Crippen MR) is 81.7 cm³/mol. The van der Waals surface area contributed by atoms with Crippen LogP contribution in [0.25, 0.3) is 0 Å². The van der Waals surface area contributed by atoms with Gasteiger partial charge in [-0.25, -0.2) is 4.79 Å². The highest BCUT2D eigenvalue weighted by molar-refractivity contribution is 5.89. The molecule has 0 spiro atoms. The molecule has 1 aromatic carbocycles. The molecule has 0 radical (unpaired) electrons. The summed E-state index contributed by atoms with van der Waals surface area (Å²) in [5.74, 6) is -0.745. The van der Waals surface area contributed by atoms with E-state index < -0.39 is 5.97 Å². The number of urea groups is 1. The second kappa shape index (κ2) is 6.47. The first-order valence-electron chi connectivity index (χ1n) is 7.01. The molecule has 1 heterocycles. The second-order valence-electron chi connectivity index (χ2n) is 5.57. The van der Waals surface area contributed by atoms with E-state index in [1.54, 1.807) is 4.90 Å². The fourth-order valence-electron chi connectivity index (χ4n) is 2.48. The van der Waals surface area contributed by atoms with Crippen LogP contribution < -0.4 is 10.2 Å². The maximum atomic E-state index is 12.1. The van der Waals surface area contributed by atoms with Crippen molar-refractivity contribution in [3.05, 3.63) is 24.3 Å². The summed E-state index contributed by atoms with van der Waals surface area (Å²) in [6, 6.07) is 7.43. The van der Waals surface area contributed by atoms with Crippen LogP contribution >= 0.6 is 0 Å². The van der Waals surface area contributed by atoms with Crippen molar-refractivity contribution in [3.8, 4) is 0 Å². The number of carboxylic acids is 1. The number of rotatable bonds is 4. The van der Waals surface area contributed by atoms with Gasteiger partial charge in [0.25, 0.3) is 0 Å². The van der Waals surface area contributed by atoms with Gasteiger partial charge in [0.15, 0.2) is 0 Å². The van der Waals surface area contributed by atoms with E-state index >= 15 is 0 Å². The lowest BCUT2D eigenvalue weighted by Gasteiger charge is -2.18. The Bertz CT molecular complexity index is 513. The van der Waals surface area contributed by atoms with Gasteiger partial charge in [-0.2, -0.15) is 0 Å². The lowest BCUT2D eigenvalue weighted by molar-refractivity contribution is -0.138. The summed E-state index contributed by atoms with van der Waals surface area (Å²) in [6.07, 6.45) is 0.876. The molecular formula is C15H21N3O3. The number of carbonyl (C=O) groups excluding carboxylic acids is 1. The quantitative estimate of drug-likeness (QED) is 0.891. The Balaban J connectivity index is 1.88. The molecule has 2 rings (SSSR count).